The number of benzene rings is 3. The second-order valence-electron chi connectivity index (χ2n) is 9.12. The average Bonchev–Trinajstić information content (AvgIpc) is 3.39. The summed E-state index contributed by atoms with van der Waals surface area (Å²) in [6.07, 6.45) is 0. The monoisotopic (exact) mass is 621 g/mol. The van der Waals surface area contributed by atoms with Gasteiger partial charge in [-0.1, -0.05) is 41.9 Å². The number of halogens is 1. The van der Waals surface area contributed by atoms with Gasteiger partial charge in [-0.05, 0) is 36.4 Å². The maximum Gasteiger partial charge on any atom is 0.340 e. The summed E-state index contributed by atoms with van der Waals surface area (Å²) in [6.45, 7) is 0. The average molecular weight is 622 g/mol. The number of amides is 3. The van der Waals surface area contributed by atoms with Crippen LogP contribution in [0, 0.1) is 0 Å². The summed E-state index contributed by atoms with van der Waals surface area (Å²) in [7, 11) is 6.12. The van der Waals surface area contributed by atoms with E-state index in [1.165, 1.54) is 38.1 Å². The third kappa shape index (κ3) is 6.40. The van der Waals surface area contributed by atoms with Crippen LogP contribution in [0.4, 0.5) is 10.7 Å². The molecule has 3 amide bonds. The summed E-state index contributed by atoms with van der Waals surface area (Å²) in [5, 5.41) is 4.05. The number of anilines is 1. The van der Waals surface area contributed by atoms with Crippen LogP contribution >= 0.6 is 23.4 Å². The predicted molar refractivity (Wildman–Crippen MR) is 165 cm³/mol. The van der Waals surface area contributed by atoms with Crippen molar-refractivity contribution < 1.29 is 28.5 Å². The molecule has 5 rings (SSSR count). The van der Waals surface area contributed by atoms with Gasteiger partial charge in [0.15, 0.2) is 11.5 Å². The standard InChI is InChI=1S/C30H28ClN5O6S/c1-39-23-8-6-5-7-20(23)28-36(26(37)16-43-28)35-30(38)34-29-32-21(17-9-11-19(31)12-10-17)15-22(33-29)18-13-24(40-2)27(42-4)25(14-18)41-3/h5-15,28H,16H2,1-4H3,(H2,32,33,34,35,38). The Balaban J connectivity index is 1.49. The summed E-state index contributed by atoms with van der Waals surface area (Å²) < 4.78 is 22.0. The molecular formula is C30H28ClN5O6S. The van der Waals surface area contributed by atoms with Gasteiger partial charge < -0.3 is 18.9 Å². The van der Waals surface area contributed by atoms with Crippen LogP contribution in [0.15, 0.2) is 66.7 Å². The molecule has 0 spiro atoms. The van der Waals surface area contributed by atoms with Crippen LogP contribution in [-0.4, -0.2) is 61.1 Å². The molecule has 0 bridgehead atoms. The van der Waals surface area contributed by atoms with Gasteiger partial charge in [0, 0.05) is 21.7 Å². The third-order valence-electron chi connectivity index (χ3n) is 6.55. The van der Waals surface area contributed by atoms with E-state index in [-0.39, 0.29) is 17.6 Å². The van der Waals surface area contributed by atoms with Crippen LogP contribution in [0.1, 0.15) is 10.9 Å². The molecule has 3 aromatic carbocycles. The van der Waals surface area contributed by atoms with Crippen molar-refractivity contribution in [3.8, 4) is 45.5 Å². The highest BCUT2D eigenvalue weighted by atomic mass is 35.5. The van der Waals surface area contributed by atoms with Crippen molar-refractivity contribution in [1.82, 2.24) is 20.4 Å². The number of aromatic nitrogens is 2. The van der Waals surface area contributed by atoms with Crippen LogP contribution in [0.2, 0.25) is 5.02 Å². The molecule has 1 aliphatic heterocycles. The molecule has 0 aliphatic carbocycles. The zero-order valence-electron chi connectivity index (χ0n) is 23.7. The number of nitrogens with one attached hydrogen (secondary N) is 2. The Hall–Kier alpha value is -4.68. The van der Waals surface area contributed by atoms with E-state index in [9.17, 15) is 9.59 Å². The number of thioether (sulfide) groups is 1. The highest BCUT2D eigenvalue weighted by molar-refractivity contribution is 8.00. The number of para-hydroxylation sites is 1. The highest BCUT2D eigenvalue weighted by Crippen LogP contribution is 2.42. The second-order valence-corrected chi connectivity index (χ2v) is 10.6. The Morgan fingerprint density at radius 3 is 2.12 bits per heavy atom. The molecule has 2 N–H and O–H groups in total. The first-order valence-corrected chi connectivity index (χ1v) is 14.4. The quantitative estimate of drug-likeness (QED) is 0.238. The summed E-state index contributed by atoms with van der Waals surface area (Å²) in [5.74, 6) is 1.84. The Kier molecular flexibility index (Phi) is 9.07. The predicted octanol–water partition coefficient (Wildman–Crippen LogP) is 5.81. The molecular weight excluding hydrogens is 594 g/mol. The molecule has 1 unspecified atom stereocenters. The van der Waals surface area contributed by atoms with Crippen molar-refractivity contribution in [3.05, 3.63) is 77.3 Å². The van der Waals surface area contributed by atoms with Gasteiger partial charge in [-0.15, -0.1) is 11.8 Å². The molecule has 222 valence electrons. The number of hydrogen-bond acceptors (Lipinski definition) is 9. The Morgan fingerprint density at radius 2 is 1.49 bits per heavy atom. The topological polar surface area (TPSA) is 124 Å². The van der Waals surface area contributed by atoms with Gasteiger partial charge in [0.25, 0.3) is 5.91 Å². The van der Waals surface area contributed by atoms with Gasteiger partial charge in [0.1, 0.15) is 11.1 Å². The molecule has 13 heteroatoms. The first-order chi connectivity index (χ1) is 20.8. The second kappa shape index (κ2) is 13.1. The minimum Gasteiger partial charge on any atom is -0.496 e. The third-order valence-corrected chi connectivity index (χ3v) is 7.99. The Bertz CT molecular complexity index is 1630. The van der Waals surface area contributed by atoms with Crippen LogP contribution in [0.5, 0.6) is 23.0 Å². The maximum atomic E-state index is 13.3. The maximum absolute atomic E-state index is 13.3. The molecule has 1 atom stereocenters. The zero-order valence-corrected chi connectivity index (χ0v) is 25.3. The molecule has 1 aliphatic rings. The molecule has 0 radical (unpaired) electrons. The van der Waals surface area contributed by atoms with E-state index in [2.05, 4.69) is 20.7 Å². The lowest BCUT2D eigenvalue weighted by atomic mass is 10.1. The smallest absolute Gasteiger partial charge is 0.340 e. The first kappa shape index (κ1) is 29.8. The summed E-state index contributed by atoms with van der Waals surface area (Å²) in [6, 6.07) is 19.0. The van der Waals surface area contributed by atoms with E-state index >= 15 is 0 Å². The van der Waals surface area contributed by atoms with Crippen molar-refractivity contribution >= 4 is 41.2 Å². The van der Waals surface area contributed by atoms with Crippen molar-refractivity contribution in [1.29, 1.82) is 0 Å². The molecule has 11 nitrogen and oxygen atoms in total. The van der Waals surface area contributed by atoms with Crippen LogP contribution in [-0.2, 0) is 4.79 Å². The molecule has 1 saturated heterocycles. The van der Waals surface area contributed by atoms with E-state index in [4.69, 9.17) is 30.5 Å². The van der Waals surface area contributed by atoms with Gasteiger partial charge in [-0.2, -0.15) is 0 Å². The first-order valence-electron chi connectivity index (χ1n) is 12.9. The number of nitrogens with zero attached hydrogens (tertiary/aromatic N) is 3. The molecule has 0 saturated carbocycles. The lowest BCUT2D eigenvalue weighted by Crippen LogP contribution is -2.46. The summed E-state index contributed by atoms with van der Waals surface area (Å²) in [5.41, 5.74) is 5.77. The SMILES string of the molecule is COc1ccccc1C1SCC(=O)N1NC(=O)Nc1nc(-c2ccc(Cl)cc2)cc(-c2cc(OC)c(OC)c(OC)c2)n1. The highest BCUT2D eigenvalue weighted by Gasteiger charge is 2.36. The molecule has 1 aromatic heterocycles. The van der Waals surface area contributed by atoms with Gasteiger partial charge in [-0.25, -0.2) is 25.2 Å². The van der Waals surface area contributed by atoms with Gasteiger partial charge in [-0.3, -0.25) is 10.1 Å². The van der Waals surface area contributed by atoms with Crippen molar-refractivity contribution in [2.45, 2.75) is 5.37 Å². The van der Waals surface area contributed by atoms with Gasteiger partial charge in [0.2, 0.25) is 11.7 Å². The largest absolute Gasteiger partial charge is 0.496 e. The van der Waals surface area contributed by atoms with Crippen LogP contribution in [0.3, 0.4) is 0 Å². The van der Waals surface area contributed by atoms with Gasteiger partial charge >= 0.3 is 6.03 Å². The molecule has 4 aromatic rings. The zero-order chi connectivity index (χ0) is 30.5. The molecule has 2 heterocycles. The number of rotatable bonds is 9. The number of urea groups is 1. The lowest BCUT2D eigenvalue weighted by Gasteiger charge is -2.25. The number of carbonyl (C=O) groups excluding carboxylic acids is 2. The number of hydrogen-bond donors (Lipinski definition) is 2. The lowest BCUT2D eigenvalue weighted by molar-refractivity contribution is -0.130. The van der Waals surface area contributed by atoms with Crippen molar-refractivity contribution in [2.24, 2.45) is 0 Å². The van der Waals surface area contributed by atoms with Crippen molar-refractivity contribution in [2.75, 3.05) is 39.5 Å². The van der Waals surface area contributed by atoms with E-state index in [1.807, 2.05) is 30.3 Å². The Morgan fingerprint density at radius 1 is 0.860 bits per heavy atom. The fourth-order valence-corrected chi connectivity index (χ4v) is 5.79. The number of methoxy groups -OCH3 is 4. The van der Waals surface area contributed by atoms with E-state index in [0.29, 0.717) is 45.0 Å². The van der Waals surface area contributed by atoms with Crippen molar-refractivity contribution in [3.63, 3.8) is 0 Å². The number of carbonyl (C=O) groups is 2. The number of hydrazine groups is 1. The van der Waals surface area contributed by atoms with Crippen LogP contribution in [0.25, 0.3) is 22.5 Å². The summed E-state index contributed by atoms with van der Waals surface area (Å²) in [4.78, 5) is 35.2. The van der Waals surface area contributed by atoms with Crippen LogP contribution < -0.4 is 29.7 Å². The normalized spacial score (nSPS) is 14.3. The fraction of sp³-hybridized carbons (Fsp3) is 0.200. The van der Waals surface area contributed by atoms with E-state index in [0.717, 1.165) is 11.1 Å². The molecule has 1 fully saturated rings. The van der Waals surface area contributed by atoms with E-state index < -0.39 is 11.4 Å². The molecule has 43 heavy (non-hydrogen) atoms. The van der Waals surface area contributed by atoms with Gasteiger partial charge in [0.05, 0.1) is 45.6 Å². The Labute approximate surface area is 257 Å². The number of ether oxygens (including phenoxy) is 4. The summed E-state index contributed by atoms with van der Waals surface area (Å²) >= 11 is 7.49. The fourth-order valence-electron chi connectivity index (χ4n) is 4.53. The minimum absolute atomic E-state index is 0.00171. The van der Waals surface area contributed by atoms with E-state index in [1.54, 1.807) is 43.5 Å². The minimum atomic E-state index is -0.695.